The Morgan fingerprint density at radius 2 is 1.81 bits per heavy atom. The first kappa shape index (κ1) is 26.1. The van der Waals surface area contributed by atoms with Crippen LogP contribution in [0.1, 0.15) is 46.5 Å². The summed E-state index contributed by atoms with van der Waals surface area (Å²) >= 11 is 0. The molecular formula is C13H30FNO9P2. The molecule has 0 saturated heterocycles. The molecule has 0 aliphatic carbocycles. The van der Waals surface area contributed by atoms with Gasteiger partial charge in [0.2, 0.25) is 0 Å². The maximum atomic E-state index is 12.3. The molecule has 0 aliphatic heterocycles. The van der Waals surface area contributed by atoms with Crippen molar-refractivity contribution in [2.24, 2.45) is 5.92 Å². The summed E-state index contributed by atoms with van der Waals surface area (Å²) in [5, 5.41) is 9.24. The second kappa shape index (κ2) is 11.8. The number of phosphoric acid groups is 2. The van der Waals surface area contributed by atoms with Gasteiger partial charge in [-0.05, 0) is 26.7 Å². The van der Waals surface area contributed by atoms with Crippen molar-refractivity contribution >= 4 is 15.6 Å². The molecule has 0 rings (SSSR count). The Balaban J connectivity index is 4.75. The largest absolute Gasteiger partial charge is 0.472 e. The summed E-state index contributed by atoms with van der Waals surface area (Å²) in [4.78, 5) is 27.3. The van der Waals surface area contributed by atoms with Gasteiger partial charge in [0.15, 0.2) is 0 Å². The molecule has 13 heteroatoms. The van der Waals surface area contributed by atoms with Crippen LogP contribution < -0.4 is 5.54 Å². The van der Waals surface area contributed by atoms with E-state index in [-0.39, 0.29) is 32.7 Å². The molecule has 0 radical (unpaired) electrons. The highest BCUT2D eigenvalue weighted by atomic mass is 31.2. The van der Waals surface area contributed by atoms with Crippen LogP contribution in [-0.2, 0) is 22.7 Å². The summed E-state index contributed by atoms with van der Waals surface area (Å²) in [7, 11) is -9.17. The van der Waals surface area contributed by atoms with Gasteiger partial charge in [0.05, 0.1) is 18.8 Å². The Kier molecular flexibility index (Phi) is 11.8. The van der Waals surface area contributed by atoms with E-state index in [1.54, 1.807) is 0 Å². The average Bonchev–Trinajstić information content (AvgIpc) is 2.49. The molecule has 0 aromatic heterocycles. The van der Waals surface area contributed by atoms with Crippen LogP contribution in [0.25, 0.3) is 0 Å². The third-order valence-corrected chi connectivity index (χ3v) is 5.28. The minimum absolute atomic E-state index is 0.0495. The third-order valence-electron chi connectivity index (χ3n) is 3.61. The molecule has 5 N–H and O–H groups in total. The molecule has 0 aromatic carbocycles. The Morgan fingerprint density at radius 1 is 1.19 bits per heavy atom. The smallest absolute Gasteiger partial charge is 0.396 e. The van der Waals surface area contributed by atoms with E-state index < -0.39 is 33.2 Å². The first-order chi connectivity index (χ1) is 11.9. The molecule has 0 saturated carbocycles. The van der Waals surface area contributed by atoms with Gasteiger partial charge in [-0.3, -0.25) is 13.6 Å². The number of rotatable bonds is 15. The maximum Gasteiger partial charge on any atom is 0.472 e. The van der Waals surface area contributed by atoms with Gasteiger partial charge in [-0.2, -0.15) is 5.54 Å². The summed E-state index contributed by atoms with van der Waals surface area (Å²) in [5.74, 6) is -0.576. The van der Waals surface area contributed by atoms with Gasteiger partial charge < -0.3 is 19.8 Å². The van der Waals surface area contributed by atoms with Crippen molar-refractivity contribution in [2.45, 2.75) is 58.1 Å². The third kappa shape index (κ3) is 12.5. The van der Waals surface area contributed by atoms with E-state index in [9.17, 15) is 23.6 Å². The van der Waals surface area contributed by atoms with Crippen molar-refractivity contribution < 1.29 is 47.0 Å². The predicted molar refractivity (Wildman–Crippen MR) is 91.7 cm³/mol. The predicted octanol–water partition coefficient (Wildman–Crippen LogP) is 2.04. The van der Waals surface area contributed by atoms with Crippen LogP contribution >= 0.6 is 15.6 Å². The van der Waals surface area contributed by atoms with Gasteiger partial charge in [0.1, 0.15) is 0 Å². The second-order valence-electron chi connectivity index (χ2n) is 6.42. The molecule has 0 heterocycles. The standard InChI is InChI=1S/C13H30FNO9P2/c1-4-5-13(3,6-7-22-25(17,18)19)24-26(20,21)23-10-12(9-16)8-11(2)15-14/h11-12,15-16H,4-10H2,1-3H3,(H,20,21)(H2,17,18,19). The number of aliphatic hydroxyl groups excluding tert-OH is 1. The van der Waals surface area contributed by atoms with Crippen molar-refractivity contribution in [1.29, 1.82) is 0 Å². The van der Waals surface area contributed by atoms with E-state index in [1.165, 1.54) is 19.4 Å². The minimum atomic E-state index is -4.65. The lowest BCUT2D eigenvalue weighted by atomic mass is 9.97. The molecular weight excluding hydrogens is 395 g/mol. The first-order valence-corrected chi connectivity index (χ1v) is 11.2. The van der Waals surface area contributed by atoms with Crippen LogP contribution in [-0.4, -0.2) is 51.3 Å². The number of halogens is 1. The van der Waals surface area contributed by atoms with E-state index in [4.69, 9.17) is 18.8 Å². The fourth-order valence-corrected chi connectivity index (χ4v) is 3.89. The number of hydrogen-bond donors (Lipinski definition) is 5. The van der Waals surface area contributed by atoms with Crippen molar-refractivity contribution in [1.82, 2.24) is 5.54 Å². The van der Waals surface area contributed by atoms with Gasteiger partial charge in [0, 0.05) is 25.0 Å². The summed E-state index contributed by atoms with van der Waals surface area (Å²) in [6.07, 6.45) is 1.02. The molecule has 158 valence electrons. The van der Waals surface area contributed by atoms with Crippen molar-refractivity contribution in [3.05, 3.63) is 0 Å². The van der Waals surface area contributed by atoms with E-state index in [0.29, 0.717) is 12.8 Å². The zero-order chi connectivity index (χ0) is 20.4. The average molecular weight is 425 g/mol. The quantitative estimate of drug-likeness (QED) is 0.194. The van der Waals surface area contributed by atoms with Crippen LogP contribution in [0.2, 0.25) is 0 Å². The number of phosphoric ester groups is 2. The van der Waals surface area contributed by atoms with Crippen LogP contribution in [0.3, 0.4) is 0 Å². The minimum Gasteiger partial charge on any atom is -0.396 e. The molecule has 0 fully saturated rings. The Labute approximate surface area is 152 Å². The molecule has 0 bridgehead atoms. The van der Waals surface area contributed by atoms with Crippen LogP contribution in [0.15, 0.2) is 0 Å². The van der Waals surface area contributed by atoms with Gasteiger partial charge in [-0.1, -0.05) is 13.3 Å². The molecule has 0 spiro atoms. The fraction of sp³-hybridized carbons (Fsp3) is 1.00. The van der Waals surface area contributed by atoms with E-state index in [2.05, 4.69) is 4.52 Å². The normalized spacial score (nSPS) is 19.5. The SMILES string of the molecule is CCCC(C)(CCOP(=O)(O)O)OP(=O)(O)OCC(CO)CC(C)NF. The lowest BCUT2D eigenvalue weighted by molar-refractivity contribution is 0.00420. The van der Waals surface area contributed by atoms with Crippen molar-refractivity contribution in [2.75, 3.05) is 19.8 Å². The van der Waals surface area contributed by atoms with Crippen molar-refractivity contribution in [3.8, 4) is 0 Å². The topological polar surface area (TPSA) is 155 Å². The van der Waals surface area contributed by atoms with E-state index in [0.717, 1.165) is 0 Å². The van der Waals surface area contributed by atoms with Gasteiger partial charge in [-0.25, -0.2) is 9.13 Å². The fourth-order valence-electron chi connectivity index (χ4n) is 2.37. The second-order valence-corrected chi connectivity index (χ2v) is 9.04. The van der Waals surface area contributed by atoms with Gasteiger partial charge in [-0.15, -0.1) is 4.48 Å². The van der Waals surface area contributed by atoms with E-state index >= 15 is 0 Å². The lowest BCUT2D eigenvalue weighted by Crippen LogP contribution is -2.30. The van der Waals surface area contributed by atoms with Crippen LogP contribution in [0.5, 0.6) is 0 Å². The highest BCUT2D eigenvalue weighted by Gasteiger charge is 2.36. The van der Waals surface area contributed by atoms with Gasteiger partial charge >= 0.3 is 15.6 Å². The van der Waals surface area contributed by atoms with Crippen molar-refractivity contribution in [3.63, 3.8) is 0 Å². The maximum absolute atomic E-state index is 12.3. The molecule has 0 aliphatic rings. The summed E-state index contributed by atoms with van der Waals surface area (Å²) in [5.41, 5.74) is 0.298. The zero-order valence-electron chi connectivity index (χ0n) is 15.2. The highest BCUT2D eigenvalue weighted by Crippen LogP contribution is 2.50. The summed E-state index contributed by atoms with van der Waals surface area (Å²) in [6.45, 7) is 3.79. The number of hydrogen-bond acceptors (Lipinski definition) is 7. The zero-order valence-corrected chi connectivity index (χ0v) is 17.0. The molecule has 4 unspecified atom stereocenters. The number of nitrogens with one attached hydrogen (secondary N) is 1. The monoisotopic (exact) mass is 425 g/mol. The summed E-state index contributed by atoms with van der Waals surface area (Å²) < 4.78 is 49.7. The molecule has 0 amide bonds. The van der Waals surface area contributed by atoms with E-state index in [1.807, 2.05) is 6.92 Å². The Bertz CT molecular complexity index is 492. The number of aliphatic hydroxyl groups is 1. The van der Waals surface area contributed by atoms with Crippen LogP contribution in [0.4, 0.5) is 4.48 Å². The summed E-state index contributed by atoms with van der Waals surface area (Å²) in [6, 6.07) is -0.565. The molecule has 26 heavy (non-hydrogen) atoms. The lowest BCUT2D eigenvalue weighted by Gasteiger charge is -2.31. The molecule has 0 aromatic rings. The van der Waals surface area contributed by atoms with Gasteiger partial charge in [0.25, 0.3) is 0 Å². The van der Waals surface area contributed by atoms with Crippen LogP contribution in [0, 0.1) is 5.92 Å². The Morgan fingerprint density at radius 3 is 2.27 bits per heavy atom. The molecule has 10 nitrogen and oxygen atoms in total. The Hall–Kier alpha value is 0.0700. The first-order valence-electron chi connectivity index (χ1n) is 8.21. The highest BCUT2D eigenvalue weighted by molar-refractivity contribution is 7.47. The molecule has 4 atom stereocenters.